The lowest BCUT2D eigenvalue weighted by Crippen LogP contribution is -2.31. The van der Waals surface area contributed by atoms with E-state index in [1.54, 1.807) is 19.1 Å². The van der Waals surface area contributed by atoms with Crippen molar-refractivity contribution in [3.63, 3.8) is 0 Å². The fourth-order valence-electron chi connectivity index (χ4n) is 2.57. The summed E-state index contributed by atoms with van der Waals surface area (Å²) in [6.07, 6.45) is 0.530. The number of amides is 1. The summed E-state index contributed by atoms with van der Waals surface area (Å²) in [6.45, 7) is 7.10. The van der Waals surface area contributed by atoms with Crippen molar-refractivity contribution in [2.45, 2.75) is 33.7 Å². The highest BCUT2D eigenvalue weighted by Crippen LogP contribution is 2.33. The van der Waals surface area contributed by atoms with Crippen LogP contribution in [0.1, 0.15) is 32.9 Å². The van der Waals surface area contributed by atoms with Crippen LogP contribution in [-0.4, -0.2) is 36.7 Å². The van der Waals surface area contributed by atoms with E-state index < -0.39 is 0 Å². The number of hydrogen-bond donors (Lipinski definition) is 0. The van der Waals surface area contributed by atoms with Crippen LogP contribution < -0.4 is 9.47 Å². The average molecular weight is 346 g/mol. The monoisotopic (exact) mass is 346 g/mol. The van der Waals surface area contributed by atoms with Crippen LogP contribution in [0.4, 0.5) is 0 Å². The zero-order chi connectivity index (χ0) is 18.4. The molecule has 0 unspecified atom stereocenters. The quantitative estimate of drug-likeness (QED) is 0.728. The number of ether oxygens (including phenoxy) is 2. The molecular formula is C19H26N2O4. The molecule has 136 valence electrons. The summed E-state index contributed by atoms with van der Waals surface area (Å²) in [5.74, 6) is 2.41. The van der Waals surface area contributed by atoms with Gasteiger partial charge in [-0.25, -0.2) is 0 Å². The second kappa shape index (κ2) is 8.55. The van der Waals surface area contributed by atoms with Gasteiger partial charge >= 0.3 is 0 Å². The van der Waals surface area contributed by atoms with Gasteiger partial charge in [0.25, 0.3) is 0 Å². The third kappa shape index (κ3) is 4.75. The Labute approximate surface area is 148 Å². The summed E-state index contributed by atoms with van der Waals surface area (Å²) in [5, 5.41) is 4.11. The molecule has 0 bridgehead atoms. The van der Waals surface area contributed by atoms with E-state index >= 15 is 0 Å². The van der Waals surface area contributed by atoms with Crippen molar-refractivity contribution in [3.05, 3.63) is 30.0 Å². The number of carbonyl (C=O) groups excluding carboxylic acids is 1. The van der Waals surface area contributed by atoms with Crippen LogP contribution in [0, 0.1) is 5.92 Å². The average Bonchev–Trinajstić information content (AvgIpc) is 3.06. The Hall–Kier alpha value is -2.50. The molecule has 0 radical (unpaired) electrons. The van der Waals surface area contributed by atoms with Gasteiger partial charge in [0, 0.05) is 19.0 Å². The zero-order valence-electron chi connectivity index (χ0n) is 15.5. The molecule has 0 atom stereocenters. The maximum atomic E-state index is 12.3. The van der Waals surface area contributed by atoms with Crippen molar-refractivity contribution >= 4 is 5.91 Å². The van der Waals surface area contributed by atoms with E-state index in [2.05, 4.69) is 5.16 Å². The predicted molar refractivity (Wildman–Crippen MR) is 95.6 cm³/mol. The van der Waals surface area contributed by atoms with Crippen LogP contribution in [0.15, 0.2) is 28.8 Å². The van der Waals surface area contributed by atoms with Gasteiger partial charge < -0.3 is 18.9 Å². The Morgan fingerprint density at radius 3 is 2.60 bits per heavy atom. The molecule has 1 amide bonds. The van der Waals surface area contributed by atoms with Crippen LogP contribution in [0.5, 0.6) is 11.5 Å². The Balaban J connectivity index is 2.21. The van der Waals surface area contributed by atoms with E-state index in [0.29, 0.717) is 48.4 Å². The molecule has 0 saturated heterocycles. The molecule has 0 aliphatic carbocycles. The number of carbonyl (C=O) groups is 1. The standard InChI is InChI=1S/C19H26N2O4/c1-6-21(19(22)9-13(2)3)12-14-10-18(25-20-14)16-11-15(23-4)7-8-17(16)24-5/h7-8,10-11,13H,6,9,12H2,1-5H3. The van der Waals surface area contributed by atoms with Crippen LogP contribution in [0.2, 0.25) is 0 Å². The number of aromatic nitrogens is 1. The van der Waals surface area contributed by atoms with E-state index in [0.717, 1.165) is 5.56 Å². The first-order chi connectivity index (χ1) is 12.0. The number of nitrogens with zero attached hydrogens (tertiary/aromatic N) is 2. The molecule has 6 heteroatoms. The van der Waals surface area contributed by atoms with Crippen molar-refractivity contribution in [1.82, 2.24) is 10.1 Å². The minimum absolute atomic E-state index is 0.126. The smallest absolute Gasteiger partial charge is 0.223 e. The first-order valence-corrected chi connectivity index (χ1v) is 8.44. The fraction of sp³-hybridized carbons (Fsp3) is 0.474. The maximum Gasteiger partial charge on any atom is 0.223 e. The molecule has 2 rings (SSSR count). The summed E-state index contributed by atoms with van der Waals surface area (Å²) < 4.78 is 16.1. The minimum atomic E-state index is 0.126. The Kier molecular flexibility index (Phi) is 6.44. The highest BCUT2D eigenvalue weighted by molar-refractivity contribution is 5.76. The van der Waals surface area contributed by atoms with Crippen molar-refractivity contribution in [2.75, 3.05) is 20.8 Å². The molecule has 0 saturated carbocycles. The normalized spacial score (nSPS) is 10.8. The van der Waals surface area contributed by atoms with Crippen LogP contribution in [0.25, 0.3) is 11.3 Å². The molecule has 0 fully saturated rings. The van der Waals surface area contributed by atoms with Gasteiger partial charge in [-0.2, -0.15) is 0 Å². The first-order valence-electron chi connectivity index (χ1n) is 8.44. The van der Waals surface area contributed by atoms with E-state index in [-0.39, 0.29) is 5.91 Å². The number of methoxy groups -OCH3 is 2. The van der Waals surface area contributed by atoms with Gasteiger partial charge in [-0.1, -0.05) is 19.0 Å². The van der Waals surface area contributed by atoms with E-state index in [1.807, 2.05) is 45.0 Å². The molecular weight excluding hydrogens is 320 g/mol. The van der Waals surface area contributed by atoms with Gasteiger partial charge in [0.15, 0.2) is 5.76 Å². The minimum Gasteiger partial charge on any atom is -0.497 e. The topological polar surface area (TPSA) is 64.8 Å². The van der Waals surface area contributed by atoms with Gasteiger partial charge in [0.2, 0.25) is 5.91 Å². The van der Waals surface area contributed by atoms with Gasteiger partial charge in [-0.3, -0.25) is 4.79 Å². The van der Waals surface area contributed by atoms with Crippen molar-refractivity contribution in [2.24, 2.45) is 5.92 Å². The van der Waals surface area contributed by atoms with Gasteiger partial charge in [-0.05, 0) is 31.0 Å². The van der Waals surface area contributed by atoms with Crippen molar-refractivity contribution < 1.29 is 18.8 Å². The van der Waals surface area contributed by atoms with Crippen LogP contribution in [-0.2, 0) is 11.3 Å². The lowest BCUT2D eigenvalue weighted by atomic mass is 10.1. The van der Waals surface area contributed by atoms with E-state index in [4.69, 9.17) is 14.0 Å². The van der Waals surface area contributed by atoms with Crippen molar-refractivity contribution in [3.8, 4) is 22.8 Å². The zero-order valence-corrected chi connectivity index (χ0v) is 15.5. The Morgan fingerprint density at radius 1 is 1.24 bits per heavy atom. The summed E-state index contributed by atoms with van der Waals surface area (Å²) in [7, 11) is 3.21. The second-order valence-electron chi connectivity index (χ2n) is 6.25. The summed E-state index contributed by atoms with van der Waals surface area (Å²) >= 11 is 0. The Morgan fingerprint density at radius 2 is 2.00 bits per heavy atom. The number of hydrogen-bond acceptors (Lipinski definition) is 5. The molecule has 1 aromatic carbocycles. The Bertz CT molecular complexity index is 709. The molecule has 0 N–H and O–H groups in total. The number of benzene rings is 1. The molecule has 1 heterocycles. The van der Waals surface area contributed by atoms with Crippen molar-refractivity contribution in [1.29, 1.82) is 0 Å². The highest BCUT2D eigenvalue weighted by Gasteiger charge is 2.18. The fourth-order valence-corrected chi connectivity index (χ4v) is 2.57. The second-order valence-corrected chi connectivity index (χ2v) is 6.25. The van der Waals surface area contributed by atoms with E-state index in [1.165, 1.54) is 0 Å². The van der Waals surface area contributed by atoms with E-state index in [9.17, 15) is 4.79 Å². The SMILES string of the molecule is CCN(Cc1cc(-c2cc(OC)ccc2OC)on1)C(=O)CC(C)C. The molecule has 6 nitrogen and oxygen atoms in total. The maximum absolute atomic E-state index is 12.3. The first kappa shape index (κ1) is 18.8. The third-order valence-corrected chi connectivity index (χ3v) is 3.90. The third-order valence-electron chi connectivity index (χ3n) is 3.90. The lowest BCUT2D eigenvalue weighted by molar-refractivity contribution is -0.132. The molecule has 25 heavy (non-hydrogen) atoms. The summed E-state index contributed by atoms with van der Waals surface area (Å²) in [4.78, 5) is 14.1. The van der Waals surface area contributed by atoms with Gasteiger partial charge in [0.1, 0.15) is 17.2 Å². The summed E-state index contributed by atoms with van der Waals surface area (Å²) in [5.41, 5.74) is 1.47. The highest BCUT2D eigenvalue weighted by atomic mass is 16.5. The lowest BCUT2D eigenvalue weighted by Gasteiger charge is -2.20. The van der Waals surface area contributed by atoms with Crippen LogP contribution in [0.3, 0.4) is 0 Å². The summed E-state index contributed by atoms with van der Waals surface area (Å²) in [6, 6.07) is 7.32. The molecule has 1 aromatic heterocycles. The molecule has 0 spiro atoms. The largest absolute Gasteiger partial charge is 0.497 e. The molecule has 0 aliphatic rings. The van der Waals surface area contributed by atoms with Gasteiger partial charge in [0.05, 0.1) is 26.3 Å². The number of rotatable bonds is 8. The molecule has 2 aromatic rings. The predicted octanol–water partition coefficient (Wildman–Crippen LogP) is 3.75. The van der Waals surface area contributed by atoms with Crippen LogP contribution >= 0.6 is 0 Å². The van der Waals surface area contributed by atoms with Gasteiger partial charge in [-0.15, -0.1) is 0 Å². The molecule has 0 aliphatic heterocycles.